The van der Waals surface area contributed by atoms with E-state index in [4.69, 9.17) is 5.26 Å². The van der Waals surface area contributed by atoms with Gasteiger partial charge in [-0.25, -0.2) is 0 Å². The van der Waals surface area contributed by atoms with Gasteiger partial charge in [0.2, 0.25) is 0 Å². The van der Waals surface area contributed by atoms with Gasteiger partial charge in [0.25, 0.3) is 5.56 Å². The number of benzene rings is 1. The molecule has 1 aromatic carbocycles. The van der Waals surface area contributed by atoms with Crippen LogP contribution in [0.25, 0.3) is 5.69 Å². The fourth-order valence-electron chi connectivity index (χ4n) is 1.45. The molecule has 5 nitrogen and oxygen atoms in total. The Kier molecular flexibility index (Phi) is 3.44. The lowest BCUT2D eigenvalue weighted by Crippen LogP contribution is -2.21. The van der Waals surface area contributed by atoms with Crippen LogP contribution in [0.15, 0.2) is 39.6 Å². The Morgan fingerprint density at radius 3 is 2.67 bits per heavy atom. The molecule has 0 bridgehead atoms. The SMILES string of the molecule is N#CCc1nn(-c2ccc(Br)cc2)c(=O)cc1O. The summed E-state index contributed by atoms with van der Waals surface area (Å²) in [5.41, 5.74) is 0.305. The standard InChI is InChI=1S/C12H8BrN3O2/c13-8-1-3-9(4-2-8)16-12(18)7-11(17)10(15-16)5-6-14/h1-4,7,17H,5H2. The molecule has 0 spiro atoms. The van der Waals surface area contributed by atoms with Crippen molar-refractivity contribution in [1.82, 2.24) is 9.78 Å². The third-order valence-electron chi connectivity index (χ3n) is 2.30. The number of rotatable bonds is 2. The molecule has 0 atom stereocenters. The molecule has 2 aromatic rings. The van der Waals surface area contributed by atoms with Gasteiger partial charge in [-0.3, -0.25) is 4.79 Å². The Morgan fingerprint density at radius 2 is 2.06 bits per heavy atom. The second kappa shape index (κ2) is 5.02. The highest BCUT2D eigenvalue weighted by Gasteiger charge is 2.08. The van der Waals surface area contributed by atoms with Gasteiger partial charge in [-0.2, -0.15) is 15.0 Å². The lowest BCUT2D eigenvalue weighted by molar-refractivity contribution is 0.459. The Balaban J connectivity index is 2.57. The van der Waals surface area contributed by atoms with Crippen LogP contribution in [0.2, 0.25) is 0 Å². The molecule has 2 rings (SSSR count). The molecule has 1 heterocycles. The van der Waals surface area contributed by atoms with Crippen LogP contribution in [0.1, 0.15) is 5.69 Å². The number of halogens is 1. The molecule has 0 aliphatic rings. The molecule has 0 aliphatic heterocycles. The van der Waals surface area contributed by atoms with Gasteiger partial charge in [0.15, 0.2) is 0 Å². The van der Waals surface area contributed by atoms with E-state index >= 15 is 0 Å². The van der Waals surface area contributed by atoms with Crippen LogP contribution in [0.4, 0.5) is 0 Å². The zero-order valence-corrected chi connectivity index (χ0v) is 10.8. The smallest absolute Gasteiger partial charge is 0.275 e. The third kappa shape index (κ3) is 2.41. The zero-order chi connectivity index (χ0) is 13.1. The van der Waals surface area contributed by atoms with Crippen LogP contribution in [0.3, 0.4) is 0 Å². The molecular formula is C12H8BrN3O2. The van der Waals surface area contributed by atoms with Crippen molar-refractivity contribution in [2.24, 2.45) is 0 Å². The van der Waals surface area contributed by atoms with E-state index in [1.165, 1.54) is 0 Å². The molecular weight excluding hydrogens is 298 g/mol. The fourth-order valence-corrected chi connectivity index (χ4v) is 1.72. The summed E-state index contributed by atoms with van der Waals surface area (Å²) in [6.07, 6.45) is -0.0529. The molecule has 0 fully saturated rings. The lowest BCUT2D eigenvalue weighted by atomic mass is 10.3. The molecule has 1 N–H and O–H groups in total. The van der Waals surface area contributed by atoms with Gasteiger partial charge in [-0.1, -0.05) is 15.9 Å². The van der Waals surface area contributed by atoms with Crippen LogP contribution in [0, 0.1) is 11.3 Å². The largest absolute Gasteiger partial charge is 0.506 e. The normalized spacial score (nSPS) is 10.0. The molecule has 0 aliphatic carbocycles. The summed E-state index contributed by atoms with van der Waals surface area (Å²) in [4.78, 5) is 11.7. The predicted octanol–water partition coefficient (Wildman–Crippen LogP) is 1.77. The molecule has 0 saturated carbocycles. The molecule has 0 amide bonds. The summed E-state index contributed by atoms with van der Waals surface area (Å²) in [5, 5.41) is 22.1. The summed E-state index contributed by atoms with van der Waals surface area (Å²) in [6, 6.07) is 9.93. The molecule has 0 unspecified atom stereocenters. The average Bonchev–Trinajstić information content (AvgIpc) is 2.34. The van der Waals surface area contributed by atoms with Crippen LogP contribution in [0.5, 0.6) is 5.75 Å². The quantitative estimate of drug-likeness (QED) is 0.917. The molecule has 1 aromatic heterocycles. The first kappa shape index (κ1) is 12.3. The summed E-state index contributed by atoms with van der Waals surface area (Å²) in [7, 11) is 0. The number of aromatic nitrogens is 2. The molecule has 0 saturated heterocycles. The van der Waals surface area contributed by atoms with Crippen molar-refractivity contribution in [2.75, 3.05) is 0 Å². The summed E-state index contributed by atoms with van der Waals surface area (Å²) in [5.74, 6) is -0.255. The minimum absolute atomic E-state index is 0.0529. The first-order chi connectivity index (χ1) is 8.61. The third-order valence-corrected chi connectivity index (χ3v) is 2.83. The van der Waals surface area contributed by atoms with Crippen molar-refractivity contribution in [3.05, 3.63) is 50.9 Å². The number of hydrogen-bond donors (Lipinski definition) is 1. The highest BCUT2D eigenvalue weighted by Crippen LogP contribution is 2.15. The fraction of sp³-hybridized carbons (Fsp3) is 0.0833. The Labute approximate surface area is 111 Å². The van der Waals surface area contributed by atoms with Gasteiger partial charge < -0.3 is 5.11 Å². The Morgan fingerprint density at radius 1 is 1.39 bits per heavy atom. The second-order valence-corrected chi connectivity index (χ2v) is 4.45. The van der Waals surface area contributed by atoms with Crippen molar-refractivity contribution >= 4 is 15.9 Å². The predicted molar refractivity (Wildman–Crippen MR) is 68.5 cm³/mol. The number of aromatic hydroxyl groups is 1. The van der Waals surface area contributed by atoms with Gasteiger partial charge in [-0.05, 0) is 24.3 Å². The number of nitriles is 1. The van der Waals surface area contributed by atoms with Crippen molar-refractivity contribution in [3.8, 4) is 17.5 Å². The summed E-state index contributed by atoms with van der Waals surface area (Å²) in [6.45, 7) is 0. The van der Waals surface area contributed by atoms with E-state index in [1.54, 1.807) is 24.3 Å². The number of nitrogens with zero attached hydrogens (tertiary/aromatic N) is 3. The molecule has 90 valence electrons. The van der Waals surface area contributed by atoms with E-state index < -0.39 is 5.56 Å². The van der Waals surface area contributed by atoms with Gasteiger partial charge in [0, 0.05) is 10.5 Å². The average molecular weight is 306 g/mol. The van der Waals surface area contributed by atoms with Gasteiger partial charge in [0.05, 0.1) is 18.2 Å². The maximum atomic E-state index is 11.7. The Bertz CT molecular complexity index is 671. The number of hydrogen-bond acceptors (Lipinski definition) is 4. The van der Waals surface area contributed by atoms with Crippen molar-refractivity contribution in [2.45, 2.75) is 6.42 Å². The Hall–Kier alpha value is -2.13. The monoisotopic (exact) mass is 305 g/mol. The first-order valence-corrected chi connectivity index (χ1v) is 5.86. The lowest BCUT2D eigenvalue weighted by Gasteiger charge is -2.07. The maximum Gasteiger partial charge on any atom is 0.275 e. The van der Waals surface area contributed by atoms with E-state index in [-0.39, 0.29) is 17.9 Å². The summed E-state index contributed by atoms with van der Waals surface area (Å²) < 4.78 is 2.04. The first-order valence-electron chi connectivity index (χ1n) is 5.07. The van der Waals surface area contributed by atoms with Crippen LogP contribution < -0.4 is 5.56 Å². The van der Waals surface area contributed by atoms with Gasteiger partial charge in [0.1, 0.15) is 11.4 Å². The topological polar surface area (TPSA) is 78.9 Å². The maximum absolute atomic E-state index is 11.7. The van der Waals surface area contributed by atoms with Crippen LogP contribution in [-0.4, -0.2) is 14.9 Å². The van der Waals surface area contributed by atoms with E-state index in [1.807, 2.05) is 6.07 Å². The van der Waals surface area contributed by atoms with E-state index in [2.05, 4.69) is 21.0 Å². The van der Waals surface area contributed by atoms with Crippen molar-refractivity contribution < 1.29 is 5.11 Å². The van der Waals surface area contributed by atoms with Gasteiger partial charge in [-0.15, -0.1) is 0 Å². The van der Waals surface area contributed by atoms with E-state index in [0.29, 0.717) is 5.69 Å². The van der Waals surface area contributed by atoms with Gasteiger partial charge >= 0.3 is 0 Å². The summed E-state index contributed by atoms with van der Waals surface area (Å²) >= 11 is 3.30. The second-order valence-electron chi connectivity index (χ2n) is 3.54. The van der Waals surface area contributed by atoms with Crippen molar-refractivity contribution in [3.63, 3.8) is 0 Å². The molecule has 18 heavy (non-hydrogen) atoms. The van der Waals surface area contributed by atoms with Crippen LogP contribution >= 0.6 is 15.9 Å². The minimum atomic E-state index is -0.448. The van der Waals surface area contributed by atoms with Crippen LogP contribution in [-0.2, 0) is 6.42 Å². The zero-order valence-electron chi connectivity index (χ0n) is 9.17. The highest BCUT2D eigenvalue weighted by atomic mass is 79.9. The van der Waals surface area contributed by atoms with Crippen molar-refractivity contribution in [1.29, 1.82) is 5.26 Å². The molecule has 0 radical (unpaired) electrons. The highest BCUT2D eigenvalue weighted by molar-refractivity contribution is 9.10. The molecule has 6 heteroatoms. The van der Waals surface area contributed by atoms with E-state index in [0.717, 1.165) is 15.2 Å². The minimum Gasteiger partial charge on any atom is -0.506 e. The van der Waals surface area contributed by atoms with E-state index in [9.17, 15) is 9.90 Å².